The molecule has 3 aromatic rings. The van der Waals surface area contributed by atoms with E-state index in [-0.39, 0.29) is 102 Å². The Morgan fingerprint density at radius 2 is 1.12 bits per heavy atom. The molecule has 27 nitrogen and oxygen atoms in total. The lowest BCUT2D eigenvalue weighted by Crippen LogP contribution is -2.37. The van der Waals surface area contributed by atoms with Crippen LogP contribution in [0.15, 0.2) is 46.1 Å². The van der Waals surface area contributed by atoms with E-state index >= 15 is 0 Å². The number of hydrogen-bond acceptors (Lipinski definition) is 23. The molecular formula is C54H75F4N7O20S. The molecule has 0 saturated carbocycles. The summed E-state index contributed by atoms with van der Waals surface area (Å²) >= 11 is 0. The van der Waals surface area contributed by atoms with Gasteiger partial charge in [-0.05, 0) is 24.1 Å². The minimum atomic E-state index is -5.65. The summed E-state index contributed by atoms with van der Waals surface area (Å²) in [6.07, 6.45) is 5.37. The third kappa shape index (κ3) is 28.1. The van der Waals surface area contributed by atoms with Crippen molar-refractivity contribution in [3.05, 3.63) is 70.8 Å². The van der Waals surface area contributed by atoms with E-state index in [4.69, 9.17) is 67.2 Å². The first kappa shape index (κ1) is 72.2. The number of hydrogen-bond donors (Lipinski definition) is 4. The number of ether oxygens (including phenoxy) is 12. The molecule has 0 saturated heterocycles. The summed E-state index contributed by atoms with van der Waals surface area (Å²) in [7, 11) is -4.23. The Kier molecular flexibility index (Phi) is 35.1. The Hall–Kier alpha value is -6.24. The van der Waals surface area contributed by atoms with E-state index in [1.165, 1.54) is 12.2 Å². The van der Waals surface area contributed by atoms with E-state index < -0.39 is 56.4 Å². The highest BCUT2D eigenvalue weighted by molar-refractivity contribution is 7.85. The molecule has 2 aromatic carbocycles. The molecule has 1 aliphatic rings. The highest BCUT2D eigenvalue weighted by atomic mass is 32.2. The van der Waals surface area contributed by atoms with Crippen molar-refractivity contribution < 1.29 is 111 Å². The van der Waals surface area contributed by atoms with Crippen molar-refractivity contribution in [1.82, 2.24) is 25.7 Å². The molecule has 86 heavy (non-hydrogen) atoms. The van der Waals surface area contributed by atoms with Gasteiger partial charge < -0.3 is 73.2 Å². The number of methoxy groups -OCH3 is 1. The lowest BCUT2D eigenvalue weighted by atomic mass is 10.0. The number of benzene rings is 2. The van der Waals surface area contributed by atoms with Crippen LogP contribution in [0.4, 0.5) is 23.2 Å². The van der Waals surface area contributed by atoms with Crippen LogP contribution >= 0.6 is 0 Å². The van der Waals surface area contributed by atoms with Crippen LogP contribution in [0.2, 0.25) is 0 Å². The van der Waals surface area contributed by atoms with Crippen molar-refractivity contribution in [3.8, 4) is 16.9 Å². The summed E-state index contributed by atoms with van der Waals surface area (Å²) < 4.78 is 150. The second-order valence-corrected chi connectivity index (χ2v) is 19.3. The Balaban J connectivity index is 0.882. The molecule has 1 aliphatic heterocycles. The summed E-state index contributed by atoms with van der Waals surface area (Å²) in [6.45, 7) is 8.17. The van der Waals surface area contributed by atoms with Crippen molar-refractivity contribution in [3.63, 3.8) is 0 Å². The molecule has 2 heterocycles. The quantitative estimate of drug-likeness (QED) is 0.0120. The monoisotopic (exact) mass is 1250 g/mol. The number of amidine groups is 1. The number of carbonyl (C=O) groups is 4. The predicted molar refractivity (Wildman–Crippen MR) is 295 cm³/mol. The van der Waals surface area contributed by atoms with Crippen LogP contribution in [0, 0.1) is 23.3 Å². The van der Waals surface area contributed by atoms with Crippen LogP contribution < -0.4 is 21.1 Å². The van der Waals surface area contributed by atoms with Gasteiger partial charge in [-0.1, -0.05) is 19.1 Å². The third-order valence-electron chi connectivity index (χ3n) is 11.3. The molecule has 1 aromatic heterocycles. The number of nitrogens with zero attached hydrogens (tertiary/aromatic N) is 4. The third-order valence-corrected chi connectivity index (χ3v) is 12.2. The fourth-order valence-electron chi connectivity index (χ4n) is 7.16. The van der Waals surface area contributed by atoms with Gasteiger partial charge in [0.25, 0.3) is 5.91 Å². The van der Waals surface area contributed by atoms with Crippen molar-refractivity contribution in [1.29, 1.82) is 0 Å². The first-order chi connectivity index (χ1) is 41.5. The molecular weight excluding hydrogens is 1170 g/mol. The number of nitrogens with one attached hydrogen (secondary N) is 2. The van der Waals surface area contributed by atoms with Gasteiger partial charge in [0.2, 0.25) is 29.2 Å². The average molecular weight is 1250 g/mol. The van der Waals surface area contributed by atoms with E-state index in [2.05, 4.69) is 30.3 Å². The molecule has 480 valence electrons. The average Bonchev–Trinajstić information content (AvgIpc) is 3.55. The van der Waals surface area contributed by atoms with Crippen molar-refractivity contribution in [2.24, 2.45) is 10.7 Å². The second kappa shape index (κ2) is 41.8. The number of fused-ring (bicyclic) bond motifs is 1. The number of amides is 3. The summed E-state index contributed by atoms with van der Waals surface area (Å²) in [5, 5.41) is 6.72. The standard InChI is InChI=1S/C54H75F4N7O20S/c1-3-9-65(84-12-8-60-46(67)37-73-2)54(69)40-31-39-5-4-38(32-42(39)64-43(59)33-40)41-34-61-44(62-35-41)36-63-45(66)6-10-74-13-15-76-17-19-78-21-23-80-25-27-82-29-30-83-28-26-81-24-22-79-20-18-77-16-14-75-11-7-47(68)85-52-48(55)50(57)53(86(70,71)72)51(58)49(52)56/h4-5,31-32,34-35H,3,6-30,33,36-37H2,1-2H3,(H2,59,64)(H,60,67)(H,63,66)(H,70,71,72). The maximum atomic E-state index is 14.0. The smallest absolute Gasteiger partial charge is 0.313 e. The van der Waals surface area contributed by atoms with Gasteiger partial charge in [0.1, 0.15) is 18.3 Å². The molecule has 3 amide bonds. The number of nitrogens with two attached hydrogens (primary N) is 1. The fraction of sp³-hybridized carbons (Fsp3) is 0.574. The molecule has 0 spiro atoms. The van der Waals surface area contributed by atoms with Crippen LogP contribution in [0.1, 0.15) is 44.0 Å². The van der Waals surface area contributed by atoms with E-state index in [1.54, 1.807) is 18.5 Å². The Morgan fingerprint density at radius 1 is 0.640 bits per heavy atom. The van der Waals surface area contributed by atoms with Gasteiger partial charge in [0.15, 0.2) is 16.5 Å². The number of hydroxylamine groups is 2. The summed E-state index contributed by atoms with van der Waals surface area (Å²) in [6, 6.07) is 5.54. The molecule has 0 radical (unpaired) electrons. The molecule has 32 heteroatoms. The fourth-order valence-corrected chi connectivity index (χ4v) is 7.79. The van der Waals surface area contributed by atoms with Crippen LogP contribution in [0.25, 0.3) is 17.2 Å². The van der Waals surface area contributed by atoms with Gasteiger partial charge in [-0.3, -0.25) is 28.6 Å². The largest absolute Gasteiger partial charge is 0.420 e. The lowest BCUT2D eigenvalue weighted by molar-refractivity contribution is -0.181. The molecule has 0 bridgehead atoms. The second-order valence-electron chi connectivity index (χ2n) is 17.9. The summed E-state index contributed by atoms with van der Waals surface area (Å²) in [5.74, 6) is -12.9. The van der Waals surface area contributed by atoms with Crippen LogP contribution in [-0.4, -0.2) is 223 Å². The molecule has 4 rings (SSSR count). The SMILES string of the molecule is CCCN(OCCNC(=O)COC)C(=O)C1=Cc2ccc(-c3cnc(CNC(=O)CCOCCOCCOCCOCCOCCOCCOCCOCCOCCOCCC(=O)Oc4c(F)c(F)c(S(=O)(=O)O)c(F)c4F)nc3)cc2N=C(N)C1. The number of aliphatic imine (C=N–C) groups is 1. The van der Waals surface area contributed by atoms with Gasteiger partial charge in [0.05, 0.1) is 157 Å². The highest BCUT2D eigenvalue weighted by Crippen LogP contribution is 2.34. The zero-order valence-corrected chi connectivity index (χ0v) is 48.8. The Bertz CT molecular complexity index is 2710. The first-order valence-electron chi connectivity index (χ1n) is 27.3. The van der Waals surface area contributed by atoms with Crippen molar-refractivity contribution >= 4 is 51.4 Å². The summed E-state index contributed by atoms with van der Waals surface area (Å²) in [5.41, 5.74) is 9.43. The molecule has 0 unspecified atom stereocenters. The number of halogens is 4. The maximum Gasteiger partial charge on any atom is 0.313 e. The minimum Gasteiger partial charge on any atom is -0.420 e. The molecule has 0 fully saturated rings. The zero-order valence-electron chi connectivity index (χ0n) is 48.0. The van der Waals surface area contributed by atoms with E-state index in [1.807, 2.05) is 25.1 Å². The number of carbonyl (C=O) groups excluding carboxylic acids is 4. The minimum absolute atomic E-state index is 0.0122. The van der Waals surface area contributed by atoms with Crippen LogP contribution in [0.3, 0.4) is 0 Å². The lowest BCUT2D eigenvalue weighted by Gasteiger charge is -2.22. The van der Waals surface area contributed by atoms with E-state index in [0.717, 1.165) is 5.56 Å². The van der Waals surface area contributed by atoms with Gasteiger partial charge in [-0.25, -0.2) is 28.8 Å². The van der Waals surface area contributed by atoms with Gasteiger partial charge >= 0.3 is 16.1 Å². The van der Waals surface area contributed by atoms with Gasteiger partial charge in [-0.2, -0.15) is 17.2 Å². The van der Waals surface area contributed by atoms with Crippen molar-refractivity contribution in [2.75, 3.05) is 166 Å². The van der Waals surface area contributed by atoms with Crippen molar-refractivity contribution in [2.45, 2.75) is 44.0 Å². The maximum absolute atomic E-state index is 14.0. The first-order valence-corrected chi connectivity index (χ1v) is 28.8. The van der Waals surface area contributed by atoms with E-state index in [9.17, 15) is 45.2 Å². The normalized spacial score (nSPS) is 12.3. The number of esters is 1. The number of aromatic nitrogens is 2. The van der Waals surface area contributed by atoms with Crippen LogP contribution in [0.5, 0.6) is 5.75 Å². The molecule has 5 N–H and O–H groups in total. The number of rotatable bonds is 47. The zero-order chi connectivity index (χ0) is 62.4. The van der Waals surface area contributed by atoms with Crippen LogP contribution in [-0.2, 0) is 92.8 Å². The molecule has 0 atom stereocenters. The summed E-state index contributed by atoms with van der Waals surface area (Å²) in [4.78, 5) is 66.3. The van der Waals surface area contributed by atoms with Gasteiger partial charge in [-0.15, -0.1) is 0 Å². The molecule has 0 aliphatic carbocycles. The Morgan fingerprint density at radius 3 is 1.58 bits per heavy atom. The highest BCUT2D eigenvalue weighted by Gasteiger charge is 2.34. The predicted octanol–water partition coefficient (Wildman–Crippen LogP) is 2.82. The van der Waals surface area contributed by atoms with E-state index in [0.29, 0.717) is 134 Å². The Labute approximate surface area is 495 Å². The topological polar surface area (TPSA) is 334 Å². The van der Waals surface area contributed by atoms with Gasteiger partial charge in [0, 0.05) is 62.1 Å².